The molecule has 0 aliphatic rings. The van der Waals surface area contributed by atoms with Crippen LogP contribution in [0.5, 0.6) is 0 Å². The summed E-state index contributed by atoms with van der Waals surface area (Å²) in [4.78, 5) is 0. The van der Waals surface area contributed by atoms with Gasteiger partial charge in [-0.3, -0.25) is 0 Å². The Morgan fingerprint density at radius 1 is 1.12 bits per heavy atom. The lowest BCUT2D eigenvalue weighted by Crippen LogP contribution is -2.00. The van der Waals surface area contributed by atoms with E-state index in [0.717, 1.165) is 28.0 Å². The smallest absolute Gasteiger partial charge is 0.109 e. The highest BCUT2D eigenvalue weighted by Gasteiger charge is 2.16. The van der Waals surface area contributed by atoms with Crippen molar-refractivity contribution in [2.45, 2.75) is 26.9 Å². The highest BCUT2D eigenvalue weighted by atomic mass is 35.5. The first-order valence-electron chi connectivity index (χ1n) is 5.49. The first kappa shape index (κ1) is 12.2. The fourth-order valence-electron chi connectivity index (χ4n) is 1.80. The third-order valence-electron chi connectivity index (χ3n) is 2.97. The number of aliphatic hydroxyl groups excluding tert-OH is 1. The first-order chi connectivity index (χ1) is 7.99. The number of hydrogen-bond acceptors (Lipinski definition) is 2. The van der Waals surface area contributed by atoms with Crippen LogP contribution in [0.25, 0.3) is 0 Å². The van der Waals surface area contributed by atoms with Gasteiger partial charge in [-0.1, -0.05) is 17.7 Å². The summed E-state index contributed by atoms with van der Waals surface area (Å²) >= 11 is 6.16. The zero-order valence-corrected chi connectivity index (χ0v) is 10.9. The number of halogens is 1. The molecule has 1 aromatic heterocycles. The Kier molecular flexibility index (Phi) is 3.27. The Morgan fingerprint density at radius 3 is 2.35 bits per heavy atom. The molecule has 0 aliphatic heterocycles. The normalized spacial score (nSPS) is 12.8. The summed E-state index contributed by atoms with van der Waals surface area (Å²) in [6, 6.07) is 5.61. The molecule has 2 aromatic rings. The van der Waals surface area contributed by atoms with Crippen molar-refractivity contribution in [3.05, 3.63) is 57.5 Å². The third kappa shape index (κ3) is 2.38. The van der Waals surface area contributed by atoms with Gasteiger partial charge in [0.1, 0.15) is 11.9 Å². The van der Waals surface area contributed by atoms with Gasteiger partial charge < -0.3 is 9.52 Å². The van der Waals surface area contributed by atoms with Crippen molar-refractivity contribution < 1.29 is 9.52 Å². The van der Waals surface area contributed by atoms with Crippen LogP contribution in [-0.4, -0.2) is 5.11 Å². The van der Waals surface area contributed by atoms with Crippen LogP contribution in [0, 0.1) is 20.8 Å². The second kappa shape index (κ2) is 4.55. The van der Waals surface area contributed by atoms with Crippen LogP contribution >= 0.6 is 11.6 Å². The van der Waals surface area contributed by atoms with Crippen LogP contribution < -0.4 is 0 Å². The summed E-state index contributed by atoms with van der Waals surface area (Å²) in [7, 11) is 0. The summed E-state index contributed by atoms with van der Waals surface area (Å²) < 4.78 is 5.20. The number of furan rings is 1. The van der Waals surface area contributed by atoms with E-state index in [1.165, 1.54) is 0 Å². The predicted octanol–water partition coefficient (Wildman–Crippen LogP) is 3.94. The van der Waals surface area contributed by atoms with E-state index in [1.807, 2.05) is 39.0 Å². The molecule has 2 rings (SSSR count). The van der Waals surface area contributed by atoms with Gasteiger partial charge in [-0.25, -0.2) is 0 Å². The summed E-state index contributed by atoms with van der Waals surface area (Å²) in [5, 5.41) is 10.8. The molecule has 0 bridgehead atoms. The second-order valence-corrected chi connectivity index (χ2v) is 4.76. The SMILES string of the molecule is Cc1cc(C(O)c2cc(C)c(C)cc2Cl)co1. The largest absolute Gasteiger partial charge is 0.469 e. The minimum Gasteiger partial charge on any atom is -0.469 e. The monoisotopic (exact) mass is 250 g/mol. The molecule has 3 heteroatoms. The molecule has 0 saturated carbocycles. The van der Waals surface area contributed by atoms with Gasteiger partial charge in [-0.15, -0.1) is 0 Å². The van der Waals surface area contributed by atoms with Crippen LogP contribution in [0.4, 0.5) is 0 Å². The van der Waals surface area contributed by atoms with E-state index < -0.39 is 6.10 Å². The quantitative estimate of drug-likeness (QED) is 0.876. The van der Waals surface area contributed by atoms with Crippen LogP contribution in [0.15, 0.2) is 28.9 Å². The molecule has 1 unspecified atom stereocenters. The van der Waals surface area contributed by atoms with E-state index in [0.29, 0.717) is 5.02 Å². The third-order valence-corrected chi connectivity index (χ3v) is 3.30. The Balaban J connectivity index is 2.43. The molecule has 1 heterocycles. The molecule has 0 fully saturated rings. The van der Waals surface area contributed by atoms with Crippen molar-refractivity contribution in [3.63, 3.8) is 0 Å². The van der Waals surface area contributed by atoms with E-state index in [-0.39, 0.29) is 0 Å². The minimum atomic E-state index is -0.737. The predicted molar refractivity (Wildman–Crippen MR) is 68.4 cm³/mol. The van der Waals surface area contributed by atoms with E-state index in [4.69, 9.17) is 16.0 Å². The van der Waals surface area contributed by atoms with E-state index >= 15 is 0 Å². The lowest BCUT2D eigenvalue weighted by Gasteiger charge is -2.13. The molecule has 0 saturated heterocycles. The van der Waals surface area contributed by atoms with Crippen LogP contribution in [0.2, 0.25) is 5.02 Å². The summed E-state index contributed by atoms with van der Waals surface area (Å²) in [5.41, 5.74) is 3.68. The van der Waals surface area contributed by atoms with Crippen molar-refractivity contribution in [2.24, 2.45) is 0 Å². The van der Waals surface area contributed by atoms with Gasteiger partial charge in [0.05, 0.1) is 6.26 Å². The number of hydrogen-bond donors (Lipinski definition) is 1. The minimum absolute atomic E-state index is 0.583. The highest BCUT2D eigenvalue weighted by Crippen LogP contribution is 2.31. The zero-order chi connectivity index (χ0) is 12.6. The molecule has 0 radical (unpaired) electrons. The molecule has 90 valence electrons. The molecule has 17 heavy (non-hydrogen) atoms. The fraction of sp³-hybridized carbons (Fsp3) is 0.286. The van der Waals surface area contributed by atoms with Crippen LogP contribution in [0.1, 0.15) is 34.1 Å². The van der Waals surface area contributed by atoms with Gasteiger partial charge in [0, 0.05) is 16.1 Å². The molecule has 1 N–H and O–H groups in total. The lowest BCUT2D eigenvalue weighted by molar-refractivity contribution is 0.219. The maximum Gasteiger partial charge on any atom is 0.109 e. The summed E-state index contributed by atoms with van der Waals surface area (Å²) in [5.74, 6) is 0.777. The molecular weight excluding hydrogens is 236 g/mol. The Hall–Kier alpha value is -1.25. The first-order valence-corrected chi connectivity index (χ1v) is 5.86. The van der Waals surface area contributed by atoms with Gasteiger partial charge in [0.25, 0.3) is 0 Å². The van der Waals surface area contributed by atoms with Crippen molar-refractivity contribution in [2.75, 3.05) is 0 Å². The maximum atomic E-state index is 10.3. The Bertz CT molecular complexity index is 543. The average molecular weight is 251 g/mol. The molecule has 2 nitrogen and oxygen atoms in total. The number of aliphatic hydroxyl groups is 1. The Labute approximate surface area is 106 Å². The molecule has 0 amide bonds. The van der Waals surface area contributed by atoms with Gasteiger partial charge in [0.15, 0.2) is 0 Å². The van der Waals surface area contributed by atoms with Gasteiger partial charge in [0.2, 0.25) is 0 Å². The highest BCUT2D eigenvalue weighted by molar-refractivity contribution is 6.31. The standard InChI is InChI=1S/C14H15ClO2/c1-8-4-12(13(15)5-9(8)2)14(16)11-6-10(3)17-7-11/h4-7,14,16H,1-3H3. The summed E-state index contributed by atoms with van der Waals surface area (Å²) in [6.07, 6.45) is 0.824. The van der Waals surface area contributed by atoms with Crippen LogP contribution in [-0.2, 0) is 0 Å². The fourth-order valence-corrected chi connectivity index (χ4v) is 2.12. The Morgan fingerprint density at radius 2 is 1.76 bits per heavy atom. The summed E-state index contributed by atoms with van der Waals surface area (Å²) in [6.45, 7) is 5.85. The maximum absolute atomic E-state index is 10.3. The number of benzene rings is 1. The van der Waals surface area contributed by atoms with E-state index in [2.05, 4.69) is 0 Å². The van der Waals surface area contributed by atoms with Crippen molar-refractivity contribution >= 4 is 11.6 Å². The van der Waals surface area contributed by atoms with Gasteiger partial charge in [-0.2, -0.15) is 0 Å². The molecular formula is C14H15ClO2. The number of rotatable bonds is 2. The second-order valence-electron chi connectivity index (χ2n) is 4.35. The molecule has 0 spiro atoms. The van der Waals surface area contributed by atoms with Crippen LogP contribution in [0.3, 0.4) is 0 Å². The zero-order valence-electron chi connectivity index (χ0n) is 10.1. The van der Waals surface area contributed by atoms with Crippen molar-refractivity contribution in [3.8, 4) is 0 Å². The van der Waals surface area contributed by atoms with Gasteiger partial charge >= 0.3 is 0 Å². The lowest BCUT2D eigenvalue weighted by atomic mass is 9.99. The van der Waals surface area contributed by atoms with Crippen molar-refractivity contribution in [1.29, 1.82) is 0 Å². The van der Waals surface area contributed by atoms with E-state index in [1.54, 1.807) is 6.26 Å². The van der Waals surface area contributed by atoms with Crippen molar-refractivity contribution in [1.82, 2.24) is 0 Å². The topological polar surface area (TPSA) is 33.4 Å². The number of aryl methyl sites for hydroxylation is 3. The average Bonchev–Trinajstić information content (AvgIpc) is 2.69. The molecule has 0 aliphatic carbocycles. The van der Waals surface area contributed by atoms with Gasteiger partial charge in [-0.05, 0) is 44.0 Å². The van der Waals surface area contributed by atoms with E-state index in [9.17, 15) is 5.11 Å². The molecule has 1 atom stereocenters. The molecule has 1 aromatic carbocycles.